The van der Waals surface area contributed by atoms with Gasteiger partial charge in [-0.05, 0) is 68.2 Å². The molecule has 3 rings (SSSR count). The molecular formula is C24H26ClN3O. The van der Waals surface area contributed by atoms with Gasteiger partial charge in [0.2, 0.25) is 0 Å². The van der Waals surface area contributed by atoms with Crippen LogP contribution in [0.15, 0.2) is 77.6 Å². The summed E-state index contributed by atoms with van der Waals surface area (Å²) in [7, 11) is 0. The molecule has 0 aromatic heterocycles. The first-order valence-electron chi connectivity index (χ1n) is 9.78. The monoisotopic (exact) mass is 407 g/mol. The predicted molar refractivity (Wildman–Crippen MR) is 121 cm³/mol. The van der Waals surface area contributed by atoms with Crippen LogP contribution in [-0.4, -0.2) is 11.1 Å². The fourth-order valence-electron chi connectivity index (χ4n) is 3.09. The van der Waals surface area contributed by atoms with Gasteiger partial charge in [-0.2, -0.15) is 0 Å². The number of carbonyl (C=O) groups excluding carboxylic acids is 1. The van der Waals surface area contributed by atoms with E-state index in [0.29, 0.717) is 16.7 Å². The zero-order chi connectivity index (χ0) is 20.8. The van der Waals surface area contributed by atoms with Crippen molar-refractivity contribution in [3.8, 4) is 0 Å². The topological polar surface area (TPSA) is 53.5 Å². The van der Waals surface area contributed by atoms with E-state index in [1.807, 2.05) is 67.6 Å². The molecule has 1 aliphatic heterocycles. The van der Waals surface area contributed by atoms with Gasteiger partial charge in [0.1, 0.15) is 11.0 Å². The molecule has 0 saturated heterocycles. The zero-order valence-electron chi connectivity index (χ0n) is 16.9. The molecule has 2 aromatic rings. The molecule has 0 bridgehead atoms. The Labute approximate surface area is 177 Å². The number of nitrogens with zero attached hydrogens (tertiary/aromatic N) is 1. The minimum Gasteiger partial charge on any atom is -0.364 e. The number of hydrogen-bond donors (Lipinski definition) is 2. The molecule has 0 radical (unpaired) electrons. The number of anilines is 1. The van der Waals surface area contributed by atoms with E-state index >= 15 is 0 Å². The van der Waals surface area contributed by atoms with Gasteiger partial charge in [0, 0.05) is 11.3 Å². The smallest absolute Gasteiger partial charge is 0.255 e. The maximum Gasteiger partial charge on any atom is 0.255 e. The van der Waals surface area contributed by atoms with Crippen LogP contribution in [0.3, 0.4) is 0 Å². The molecule has 0 aliphatic carbocycles. The van der Waals surface area contributed by atoms with Gasteiger partial charge >= 0.3 is 0 Å². The van der Waals surface area contributed by atoms with Crippen LogP contribution < -0.4 is 10.6 Å². The number of halogens is 1. The third-order valence-electron chi connectivity index (χ3n) is 4.76. The summed E-state index contributed by atoms with van der Waals surface area (Å²) < 4.78 is 0. The van der Waals surface area contributed by atoms with Gasteiger partial charge in [0.05, 0.1) is 6.04 Å². The van der Waals surface area contributed by atoms with Crippen molar-refractivity contribution in [1.82, 2.24) is 5.32 Å². The Bertz CT molecular complexity index is 960. The Hall–Kier alpha value is -2.85. The Kier molecular flexibility index (Phi) is 6.89. The van der Waals surface area contributed by atoms with E-state index in [9.17, 15) is 4.79 Å². The fraction of sp³-hybridized carbons (Fsp3) is 0.250. The summed E-state index contributed by atoms with van der Waals surface area (Å²) in [4.78, 5) is 16.9. The maximum atomic E-state index is 12.5. The minimum absolute atomic E-state index is 0.00120. The third-order valence-corrected chi connectivity index (χ3v) is 4.97. The van der Waals surface area contributed by atoms with Crippen molar-refractivity contribution in [2.75, 3.05) is 5.32 Å². The Morgan fingerprint density at radius 1 is 1.21 bits per heavy atom. The van der Waals surface area contributed by atoms with E-state index in [1.165, 1.54) is 0 Å². The normalized spacial score (nSPS) is 22.1. The van der Waals surface area contributed by atoms with Crippen molar-refractivity contribution in [2.45, 2.75) is 33.2 Å². The molecule has 1 heterocycles. The molecule has 2 aromatic carbocycles. The molecule has 2 N–H and O–H groups in total. The summed E-state index contributed by atoms with van der Waals surface area (Å²) >= 11 is 6.15. The molecule has 29 heavy (non-hydrogen) atoms. The highest BCUT2D eigenvalue weighted by Crippen LogP contribution is 2.21. The molecule has 0 fully saturated rings. The van der Waals surface area contributed by atoms with E-state index < -0.39 is 0 Å². The summed E-state index contributed by atoms with van der Waals surface area (Å²) in [5.41, 5.74) is 3.56. The summed E-state index contributed by atoms with van der Waals surface area (Å²) in [5.74, 6) is 1.01. The van der Waals surface area contributed by atoms with Crippen LogP contribution in [0.5, 0.6) is 0 Å². The van der Waals surface area contributed by atoms with Gasteiger partial charge in [0.25, 0.3) is 5.91 Å². The number of carbonyl (C=O) groups is 1. The highest BCUT2D eigenvalue weighted by Gasteiger charge is 2.12. The number of hydrogen-bond acceptors (Lipinski definition) is 3. The number of aryl methyl sites for hydroxylation is 1. The molecule has 1 aliphatic rings. The van der Waals surface area contributed by atoms with Crippen molar-refractivity contribution >= 4 is 28.4 Å². The molecule has 0 saturated carbocycles. The molecule has 4 nitrogen and oxygen atoms in total. The van der Waals surface area contributed by atoms with E-state index in [1.54, 1.807) is 0 Å². The SMILES string of the molecule is Cc1ccc(C(=O)Nc2cccc([C@H](C)NC3=C/C(C)C/C=C/C(Cl)=N\3)c2)cc1. The van der Waals surface area contributed by atoms with Crippen LogP contribution in [0.2, 0.25) is 0 Å². The van der Waals surface area contributed by atoms with Crippen LogP contribution in [0.1, 0.15) is 47.8 Å². The van der Waals surface area contributed by atoms with Crippen LogP contribution in [0.4, 0.5) is 5.69 Å². The van der Waals surface area contributed by atoms with Gasteiger partial charge in [-0.25, -0.2) is 4.99 Å². The quantitative estimate of drug-likeness (QED) is 0.641. The average Bonchev–Trinajstić information content (AvgIpc) is 2.67. The summed E-state index contributed by atoms with van der Waals surface area (Å²) in [6.07, 6.45) is 6.88. The number of benzene rings is 2. The van der Waals surface area contributed by atoms with E-state index in [-0.39, 0.29) is 11.9 Å². The van der Waals surface area contributed by atoms with E-state index in [0.717, 1.165) is 29.1 Å². The van der Waals surface area contributed by atoms with Crippen LogP contribution in [-0.2, 0) is 0 Å². The van der Waals surface area contributed by atoms with Crippen molar-refractivity contribution in [3.63, 3.8) is 0 Å². The van der Waals surface area contributed by atoms with Gasteiger partial charge in [-0.1, -0.05) is 54.4 Å². The highest BCUT2D eigenvalue weighted by atomic mass is 35.5. The standard InChI is InChI=1S/C24H26ClN3O/c1-16-10-12-19(13-11-16)24(29)27-21-8-5-7-20(15-21)18(3)26-23-14-17(2)6-4-9-22(25)28-23/h4-5,7-15,17-18,26H,6H2,1-3H3,(H,27,29)/b9-4+,23-14-,28-22+/t17?,18-/m0/s1. The first-order chi connectivity index (χ1) is 13.9. The van der Waals surface area contributed by atoms with Crippen molar-refractivity contribution in [3.05, 3.63) is 89.3 Å². The van der Waals surface area contributed by atoms with Gasteiger partial charge < -0.3 is 10.6 Å². The lowest BCUT2D eigenvalue weighted by molar-refractivity contribution is 0.102. The number of amides is 1. The second-order valence-electron chi connectivity index (χ2n) is 7.41. The van der Waals surface area contributed by atoms with Crippen molar-refractivity contribution in [1.29, 1.82) is 0 Å². The Morgan fingerprint density at radius 3 is 2.72 bits per heavy atom. The largest absolute Gasteiger partial charge is 0.364 e. The molecule has 1 amide bonds. The highest BCUT2D eigenvalue weighted by molar-refractivity contribution is 6.68. The van der Waals surface area contributed by atoms with Crippen LogP contribution >= 0.6 is 11.6 Å². The number of nitrogens with one attached hydrogen (secondary N) is 2. The lowest BCUT2D eigenvalue weighted by Crippen LogP contribution is -2.19. The Morgan fingerprint density at radius 2 is 1.97 bits per heavy atom. The molecule has 1 unspecified atom stereocenters. The lowest BCUT2D eigenvalue weighted by atomic mass is 10.1. The third kappa shape index (κ3) is 6.06. The molecule has 5 heteroatoms. The maximum absolute atomic E-state index is 12.5. The van der Waals surface area contributed by atoms with Crippen LogP contribution in [0, 0.1) is 12.8 Å². The van der Waals surface area contributed by atoms with Gasteiger partial charge in [0.15, 0.2) is 0 Å². The first-order valence-corrected chi connectivity index (χ1v) is 10.2. The number of allylic oxidation sites excluding steroid dienone is 3. The zero-order valence-corrected chi connectivity index (χ0v) is 17.7. The van der Waals surface area contributed by atoms with Crippen molar-refractivity contribution in [2.24, 2.45) is 10.9 Å². The molecule has 0 spiro atoms. The van der Waals surface area contributed by atoms with Crippen LogP contribution in [0.25, 0.3) is 0 Å². The summed E-state index contributed by atoms with van der Waals surface area (Å²) in [6, 6.07) is 15.4. The second-order valence-corrected chi connectivity index (χ2v) is 7.80. The fourth-order valence-corrected chi connectivity index (χ4v) is 3.27. The lowest BCUT2D eigenvalue weighted by Gasteiger charge is -2.19. The molecule has 2 atom stereocenters. The second kappa shape index (κ2) is 9.57. The summed E-state index contributed by atoms with van der Waals surface area (Å²) in [5, 5.41) is 6.85. The summed E-state index contributed by atoms with van der Waals surface area (Å²) in [6.45, 7) is 6.20. The average molecular weight is 408 g/mol. The van der Waals surface area contributed by atoms with E-state index in [2.05, 4.69) is 35.5 Å². The first kappa shape index (κ1) is 20.9. The van der Waals surface area contributed by atoms with Crippen molar-refractivity contribution < 1.29 is 4.79 Å². The number of aliphatic imine (C=N–C) groups is 1. The van der Waals surface area contributed by atoms with Gasteiger partial charge in [-0.3, -0.25) is 4.79 Å². The molecule has 150 valence electrons. The van der Waals surface area contributed by atoms with Gasteiger partial charge in [-0.15, -0.1) is 0 Å². The minimum atomic E-state index is -0.123. The van der Waals surface area contributed by atoms with E-state index in [4.69, 9.17) is 11.6 Å². The Balaban J connectivity index is 1.72. The molecular weight excluding hydrogens is 382 g/mol. The predicted octanol–water partition coefficient (Wildman–Crippen LogP) is 5.97. The number of rotatable bonds is 5.